The van der Waals surface area contributed by atoms with Crippen molar-refractivity contribution < 1.29 is 4.79 Å². The Bertz CT molecular complexity index is 682. The number of amides is 1. The Labute approximate surface area is 142 Å². The van der Waals surface area contributed by atoms with E-state index in [0.717, 1.165) is 39.3 Å². The highest BCUT2D eigenvalue weighted by Gasteiger charge is 2.23. The van der Waals surface area contributed by atoms with E-state index in [2.05, 4.69) is 22.5 Å². The molecule has 2 aromatic heterocycles. The van der Waals surface area contributed by atoms with E-state index in [0.29, 0.717) is 10.9 Å². The number of thiazole rings is 1. The average molecular weight is 356 g/mol. The maximum Gasteiger partial charge on any atom is 0.263 e. The van der Waals surface area contributed by atoms with Gasteiger partial charge in [-0.3, -0.25) is 4.79 Å². The highest BCUT2D eigenvalue weighted by Crippen LogP contribution is 2.34. The number of aromatic nitrogens is 1. The van der Waals surface area contributed by atoms with Crippen molar-refractivity contribution in [1.82, 2.24) is 15.6 Å². The van der Waals surface area contributed by atoms with E-state index in [9.17, 15) is 4.79 Å². The molecule has 2 N–H and O–H groups in total. The summed E-state index contributed by atoms with van der Waals surface area (Å²) in [7, 11) is 0. The van der Waals surface area contributed by atoms with E-state index in [-0.39, 0.29) is 11.9 Å². The molecule has 0 spiro atoms. The van der Waals surface area contributed by atoms with E-state index in [1.54, 1.807) is 0 Å². The molecular formula is C15H18ClN3OS2. The van der Waals surface area contributed by atoms with Crippen LogP contribution >= 0.6 is 34.3 Å². The molecule has 2 atom stereocenters. The smallest absolute Gasteiger partial charge is 0.263 e. The van der Waals surface area contributed by atoms with Gasteiger partial charge < -0.3 is 10.6 Å². The van der Waals surface area contributed by atoms with Crippen molar-refractivity contribution in [3.05, 3.63) is 27.0 Å². The molecule has 1 amide bonds. The normalized spacial score (nSPS) is 21.8. The van der Waals surface area contributed by atoms with Crippen molar-refractivity contribution >= 4 is 40.2 Å². The van der Waals surface area contributed by atoms with E-state index in [1.807, 2.05) is 19.1 Å². The molecule has 1 aliphatic rings. The van der Waals surface area contributed by atoms with Crippen LogP contribution in [0.4, 0.5) is 0 Å². The Morgan fingerprint density at radius 3 is 2.95 bits per heavy atom. The maximum atomic E-state index is 12.5. The molecule has 118 valence electrons. The Balaban J connectivity index is 1.74. The zero-order valence-corrected chi connectivity index (χ0v) is 14.9. The Morgan fingerprint density at radius 2 is 2.27 bits per heavy atom. The molecule has 0 saturated carbocycles. The zero-order chi connectivity index (χ0) is 15.7. The molecule has 1 fully saturated rings. The second-order valence-corrected chi connectivity index (χ2v) is 8.30. The SMILES string of the molecule is Cc1nc(-c2ccc(Cl)s2)sc1C(=O)NC1CCNC(C)C1. The summed E-state index contributed by atoms with van der Waals surface area (Å²) in [6, 6.07) is 4.49. The monoisotopic (exact) mass is 355 g/mol. The van der Waals surface area contributed by atoms with Crippen LogP contribution in [0, 0.1) is 6.92 Å². The number of hydrogen-bond donors (Lipinski definition) is 2. The summed E-state index contributed by atoms with van der Waals surface area (Å²) < 4.78 is 0.734. The summed E-state index contributed by atoms with van der Waals surface area (Å²) in [5.74, 6) is -0.0111. The lowest BCUT2D eigenvalue weighted by Crippen LogP contribution is -2.46. The number of nitrogens with one attached hydrogen (secondary N) is 2. The van der Waals surface area contributed by atoms with Crippen LogP contribution in [0.1, 0.15) is 35.1 Å². The van der Waals surface area contributed by atoms with Crippen LogP contribution < -0.4 is 10.6 Å². The van der Waals surface area contributed by atoms with Gasteiger partial charge in [0.1, 0.15) is 9.88 Å². The first-order valence-corrected chi connectivity index (χ1v) is 9.31. The minimum Gasteiger partial charge on any atom is -0.348 e. The second kappa shape index (κ2) is 6.66. The molecule has 0 radical (unpaired) electrons. The summed E-state index contributed by atoms with van der Waals surface area (Å²) in [6.07, 6.45) is 1.94. The first-order chi connectivity index (χ1) is 10.5. The van der Waals surface area contributed by atoms with E-state index in [1.165, 1.54) is 22.7 Å². The lowest BCUT2D eigenvalue weighted by atomic mass is 10.0. The predicted molar refractivity (Wildman–Crippen MR) is 93.1 cm³/mol. The Kier molecular flexibility index (Phi) is 4.82. The van der Waals surface area contributed by atoms with Crippen molar-refractivity contribution in [2.24, 2.45) is 0 Å². The van der Waals surface area contributed by atoms with Crippen molar-refractivity contribution in [3.63, 3.8) is 0 Å². The van der Waals surface area contributed by atoms with Crippen LogP contribution in [0.25, 0.3) is 9.88 Å². The molecule has 0 aliphatic carbocycles. The second-order valence-electron chi connectivity index (χ2n) is 5.59. The third kappa shape index (κ3) is 3.51. The van der Waals surface area contributed by atoms with Gasteiger partial charge in [0.25, 0.3) is 5.91 Å². The van der Waals surface area contributed by atoms with E-state index in [4.69, 9.17) is 11.6 Å². The molecule has 2 unspecified atom stereocenters. The van der Waals surface area contributed by atoms with Crippen LogP contribution in [0.3, 0.4) is 0 Å². The molecule has 0 bridgehead atoms. The van der Waals surface area contributed by atoms with Gasteiger partial charge in [-0.25, -0.2) is 4.98 Å². The standard InChI is InChI=1S/C15H18ClN3OS2/c1-8-7-10(5-6-17-8)19-14(20)13-9(2)18-15(22-13)11-3-4-12(16)21-11/h3-4,8,10,17H,5-7H2,1-2H3,(H,19,20). The summed E-state index contributed by atoms with van der Waals surface area (Å²) in [4.78, 5) is 18.7. The number of piperidine rings is 1. The van der Waals surface area contributed by atoms with Gasteiger partial charge in [0.15, 0.2) is 0 Å². The maximum absolute atomic E-state index is 12.5. The van der Waals surface area contributed by atoms with Crippen molar-refractivity contribution in [2.45, 2.75) is 38.8 Å². The van der Waals surface area contributed by atoms with Gasteiger partial charge in [0, 0.05) is 12.1 Å². The van der Waals surface area contributed by atoms with Crippen molar-refractivity contribution in [3.8, 4) is 9.88 Å². The lowest BCUT2D eigenvalue weighted by Gasteiger charge is -2.28. The summed E-state index contributed by atoms with van der Waals surface area (Å²) in [5, 5.41) is 7.40. The average Bonchev–Trinajstić information content (AvgIpc) is 3.05. The number of thiophene rings is 1. The fourth-order valence-corrected chi connectivity index (χ4v) is 4.72. The molecule has 1 aliphatic heterocycles. The van der Waals surface area contributed by atoms with E-state index >= 15 is 0 Å². The molecule has 1 saturated heterocycles. The number of carbonyl (C=O) groups excluding carboxylic acids is 1. The van der Waals surface area contributed by atoms with Gasteiger partial charge in [-0.1, -0.05) is 11.6 Å². The van der Waals surface area contributed by atoms with Gasteiger partial charge in [-0.05, 0) is 45.4 Å². The predicted octanol–water partition coefficient (Wildman–Crippen LogP) is 3.70. The van der Waals surface area contributed by atoms with Crippen molar-refractivity contribution in [2.75, 3.05) is 6.54 Å². The fourth-order valence-electron chi connectivity index (χ4n) is 2.66. The summed E-state index contributed by atoms with van der Waals surface area (Å²) >= 11 is 8.89. The topological polar surface area (TPSA) is 54.0 Å². The number of carbonyl (C=O) groups is 1. The summed E-state index contributed by atoms with van der Waals surface area (Å²) in [5.41, 5.74) is 0.781. The minimum absolute atomic E-state index is 0.0111. The van der Waals surface area contributed by atoms with Crippen LogP contribution in [0.15, 0.2) is 12.1 Å². The van der Waals surface area contributed by atoms with Gasteiger partial charge in [-0.2, -0.15) is 0 Å². The highest BCUT2D eigenvalue weighted by atomic mass is 35.5. The number of aryl methyl sites for hydroxylation is 1. The zero-order valence-electron chi connectivity index (χ0n) is 12.5. The largest absolute Gasteiger partial charge is 0.348 e. The minimum atomic E-state index is -0.0111. The number of halogens is 1. The molecule has 3 rings (SSSR count). The molecule has 4 nitrogen and oxygen atoms in total. The molecular weight excluding hydrogens is 338 g/mol. The van der Waals surface area contributed by atoms with Crippen LogP contribution in [-0.2, 0) is 0 Å². The van der Waals surface area contributed by atoms with Gasteiger partial charge in [-0.15, -0.1) is 22.7 Å². The molecule has 3 heterocycles. The number of hydrogen-bond acceptors (Lipinski definition) is 5. The first kappa shape index (κ1) is 15.9. The third-order valence-corrected chi connectivity index (χ3v) is 6.30. The molecule has 22 heavy (non-hydrogen) atoms. The quantitative estimate of drug-likeness (QED) is 0.882. The highest BCUT2D eigenvalue weighted by molar-refractivity contribution is 7.24. The fraction of sp³-hybridized carbons (Fsp3) is 0.467. The van der Waals surface area contributed by atoms with Gasteiger partial charge in [0.05, 0.1) is 14.9 Å². The van der Waals surface area contributed by atoms with E-state index < -0.39 is 0 Å². The Morgan fingerprint density at radius 1 is 1.45 bits per heavy atom. The Hall–Kier alpha value is -0.950. The third-order valence-electron chi connectivity index (χ3n) is 3.75. The van der Waals surface area contributed by atoms with Crippen LogP contribution in [0.2, 0.25) is 4.34 Å². The number of nitrogens with zero attached hydrogens (tertiary/aromatic N) is 1. The van der Waals surface area contributed by atoms with Crippen LogP contribution in [0.5, 0.6) is 0 Å². The molecule has 7 heteroatoms. The first-order valence-electron chi connectivity index (χ1n) is 7.30. The van der Waals surface area contributed by atoms with Crippen LogP contribution in [-0.4, -0.2) is 29.5 Å². The number of rotatable bonds is 3. The van der Waals surface area contributed by atoms with Crippen molar-refractivity contribution in [1.29, 1.82) is 0 Å². The molecule has 2 aromatic rings. The lowest BCUT2D eigenvalue weighted by molar-refractivity contribution is 0.0929. The summed E-state index contributed by atoms with van der Waals surface area (Å²) in [6.45, 7) is 4.98. The molecule has 0 aromatic carbocycles. The van der Waals surface area contributed by atoms with Gasteiger partial charge in [0.2, 0.25) is 0 Å². The van der Waals surface area contributed by atoms with Gasteiger partial charge >= 0.3 is 0 Å².